The third kappa shape index (κ3) is 3.32. The Hall–Kier alpha value is -0.870. The molecule has 0 radical (unpaired) electrons. The SMILES string of the molecule is CC(Cn1ccnc1)NC1CCNCC1. The highest BCUT2D eigenvalue weighted by Gasteiger charge is 2.14. The van der Waals surface area contributed by atoms with Crippen LogP contribution in [0.2, 0.25) is 0 Å². The monoisotopic (exact) mass is 208 g/mol. The molecule has 1 atom stereocenters. The van der Waals surface area contributed by atoms with E-state index in [1.165, 1.54) is 12.8 Å². The first-order valence-electron chi connectivity index (χ1n) is 5.77. The molecule has 2 N–H and O–H groups in total. The highest BCUT2D eigenvalue weighted by molar-refractivity contribution is 4.80. The van der Waals surface area contributed by atoms with Crippen molar-refractivity contribution in [2.45, 2.75) is 38.4 Å². The number of piperidine rings is 1. The maximum atomic E-state index is 4.05. The van der Waals surface area contributed by atoms with E-state index in [2.05, 4.69) is 27.1 Å². The lowest BCUT2D eigenvalue weighted by Gasteiger charge is -2.27. The predicted octanol–water partition coefficient (Wildman–Crippen LogP) is 0.613. The van der Waals surface area contributed by atoms with Gasteiger partial charge in [0.1, 0.15) is 0 Å². The molecule has 0 aliphatic carbocycles. The van der Waals surface area contributed by atoms with Crippen LogP contribution in [0.3, 0.4) is 0 Å². The van der Waals surface area contributed by atoms with Crippen molar-refractivity contribution in [1.82, 2.24) is 20.2 Å². The van der Waals surface area contributed by atoms with Crippen molar-refractivity contribution < 1.29 is 0 Å². The van der Waals surface area contributed by atoms with Crippen LogP contribution < -0.4 is 10.6 Å². The van der Waals surface area contributed by atoms with Crippen LogP contribution in [0.1, 0.15) is 19.8 Å². The molecular formula is C11H20N4. The van der Waals surface area contributed by atoms with Crippen molar-refractivity contribution in [2.24, 2.45) is 0 Å². The Morgan fingerprint density at radius 3 is 3.00 bits per heavy atom. The summed E-state index contributed by atoms with van der Waals surface area (Å²) in [7, 11) is 0. The quantitative estimate of drug-likeness (QED) is 0.762. The molecule has 0 aromatic carbocycles. The second-order valence-corrected chi connectivity index (χ2v) is 4.35. The number of aromatic nitrogens is 2. The van der Waals surface area contributed by atoms with E-state index in [4.69, 9.17) is 0 Å². The molecule has 1 unspecified atom stereocenters. The summed E-state index contributed by atoms with van der Waals surface area (Å²) in [5.74, 6) is 0. The molecule has 1 aliphatic heterocycles. The fourth-order valence-electron chi connectivity index (χ4n) is 2.15. The second-order valence-electron chi connectivity index (χ2n) is 4.35. The van der Waals surface area contributed by atoms with E-state index in [0.29, 0.717) is 12.1 Å². The lowest BCUT2D eigenvalue weighted by molar-refractivity contribution is 0.339. The van der Waals surface area contributed by atoms with Crippen LogP contribution in [0, 0.1) is 0 Å². The molecule has 2 rings (SSSR count). The van der Waals surface area contributed by atoms with Crippen LogP contribution in [-0.2, 0) is 6.54 Å². The summed E-state index contributed by atoms with van der Waals surface area (Å²) in [6.45, 7) is 5.54. The highest BCUT2D eigenvalue weighted by atomic mass is 15.1. The molecule has 84 valence electrons. The Kier molecular flexibility index (Phi) is 3.75. The van der Waals surface area contributed by atoms with E-state index in [9.17, 15) is 0 Å². The average Bonchev–Trinajstić information content (AvgIpc) is 2.71. The van der Waals surface area contributed by atoms with Gasteiger partial charge >= 0.3 is 0 Å². The fourth-order valence-corrected chi connectivity index (χ4v) is 2.15. The van der Waals surface area contributed by atoms with Crippen LogP contribution in [-0.4, -0.2) is 34.7 Å². The van der Waals surface area contributed by atoms with Gasteiger partial charge in [0.2, 0.25) is 0 Å². The maximum Gasteiger partial charge on any atom is 0.0946 e. The van der Waals surface area contributed by atoms with Gasteiger partial charge in [-0.05, 0) is 32.9 Å². The van der Waals surface area contributed by atoms with Crippen molar-refractivity contribution in [3.05, 3.63) is 18.7 Å². The summed E-state index contributed by atoms with van der Waals surface area (Å²) >= 11 is 0. The van der Waals surface area contributed by atoms with Crippen molar-refractivity contribution in [2.75, 3.05) is 13.1 Å². The molecule has 1 aliphatic rings. The lowest BCUT2D eigenvalue weighted by atomic mass is 10.1. The lowest BCUT2D eigenvalue weighted by Crippen LogP contribution is -2.44. The number of nitrogens with one attached hydrogen (secondary N) is 2. The normalized spacial score (nSPS) is 20.3. The molecule has 1 aromatic rings. The molecule has 1 fully saturated rings. The standard InChI is InChI=1S/C11H20N4/c1-10(8-15-7-6-13-9-15)14-11-2-4-12-5-3-11/h6-7,9-12,14H,2-5,8H2,1H3. The minimum absolute atomic E-state index is 0.516. The highest BCUT2D eigenvalue weighted by Crippen LogP contribution is 2.04. The third-order valence-corrected chi connectivity index (χ3v) is 2.90. The van der Waals surface area contributed by atoms with Crippen LogP contribution in [0.5, 0.6) is 0 Å². The van der Waals surface area contributed by atoms with Gasteiger partial charge in [0.15, 0.2) is 0 Å². The largest absolute Gasteiger partial charge is 0.336 e. The van der Waals surface area contributed by atoms with Gasteiger partial charge in [0, 0.05) is 31.0 Å². The molecule has 0 amide bonds. The van der Waals surface area contributed by atoms with Crippen LogP contribution >= 0.6 is 0 Å². The van der Waals surface area contributed by atoms with E-state index in [-0.39, 0.29) is 0 Å². The molecule has 15 heavy (non-hydrogen) atoms. The molecule has 1 saturated heterocycles. The first-order chi connectivity index (χ1) is 7.34. The third-order valence-electron chi connectivity index (χ3n) is 2.90. The number of rotatable bonds is 4. The smallest absolute Gasteiger partial charge is 0.0946 e. The van der Waals surface area contributed by atoms with Gasteiger partial charge in [-0.1, -0.05) is 0 Å². The van der Waals surface area contributed by atoms with Crippen molar-refractivity contribution in [3.63, 3.8) is 0 Å². The van der Waals surface area contributed by atoms with Crippen LogP contribution in [0.4, 0.5) is 0 Å². The minimum atomic E-state index is 0.516. The molecular weight excluding hydrogens is 188 g/mol. The van der Waals surface area contributed by atoms with Crippen molar-refractivity contribution in [3.8, 4) is 0 Å². The zero-order valence-corrected chi connectivity index (χ0v) is 9.32. The topological polar surface area (TPSA) is 41.9 Å². The number of hydrogen-bond acceptors (Lipinski definition) is 3. The molecule has 4 heteroatoms. The van der Waals surface area contributed by atoms with Crippen molar-refractivity contribution >= 4 is 0 Å². The van der Waals surface area contributed by atoms with Crippen LogP contribution in [0.15, 0.2) is 18.7 Å². The summed E-state index contributed by atoms with van der Waals surface area (Å²) in [6, 6.07) is 1.20. The van der Waals surface area contributed by atoms with E-state index in [0.717, 1.165) is 19.6 Å². The van der Waals surface area contributed by atoms with E-state index >= 15 is 0 Å². The van der Waals surface area contributed by atoms with Gasteiger partial charge in [0.05, 0.1) is 6.33 Å². The zero-order chi connectivity index (χ0) is 10.5. The molecule has 0 bridgehead atoms. The maximum absolute atomic E-state index is 4.05. The second kappa shape index (κ2) is 5.28. The Bertz CT molecular complexity index is 264. The Balaban J connectivity index is 1.74. The first kappa shape index (κ1) is 10.6. The minimum Gasteiger partial charge on any atom is -0.336 e. The summed E-state index contributed by atoms with van der Waals surface area (Å²) in [4.78, 5) is 4.05. The first-order valence-corrected chi connectivity index (χ1v) is 5.77. The van der Waals surface area contributed by atoms with E-state index in [1.54, 1.807) is 0 Å². The summed E-state index contributed by atoms with van der Waals surface area (Å²) in [5.41, 5.74) is 0. The van der Waals surface area contributed by atoms with Gasteiger partial charge < -0.3 is 15.2 Å². The fraction of sp³-hybridized carbons (Fsp3) is 0.727. The van der Waals surface area contributed by atoms with Gasteiger partial charge in [-0.15, -0.1) is 0 Å². The molecule has 2 heterocycles. The summed E-state index contributed by atoms with van der Waals surface area (Å²) < 4.78 is 2.12. The van der Waals surface area contributed by atoms with Crippen molar-refractivity contribution in [1.29, 1.82) is 0 Å². The van der Waals surface area contributed by atoms with Gasteiger partial charge in [-0.25, -0.2) is 4.98 Å². The van der Waals surface area contributed by atoms with Crippen LogP contribution in [0.25, 0.3) is 0 Å². The number of nitrogens with zero attached hydrogens (tertiary/aromatic N) is 2. The number of imidazole rings is 1. The Labute approximate surface area is 91.1 Å². The van der Waals surface area contributed by atoms with E-state index < -0.39 is 0 Å². The Morgan fingerprint density at radius 2 is 2.33 bits per heavy atom. The predicted molar refractivity (Wildman–Crippen MR) is 60.7 cm³/mol. The van der Waals surface area contributed by atoms with E-state index in [1.807, 2.05) is 18.7 Å². The summed E-state index contributed by atoms with van der Waals surface area (Å²) in [6.07, 6.45) is 8.21. The molecule has 0 spiro atoms. The Morgan fingerprint density at radius 1 is 1.53 bits per heavy atom. The van der Waals surface area contributed by atoms with Gasteiger partial charge in [0.25, 0.3) is 0 Å². The molecule has 4 nitrogen and oxygen atoms in total. The number of hydrogen-bond donors (Lipinski definition) is 2. The zero-order valence-electron chi connectivity index (χ0n) is 9.32. The average molecular weight is 208 g/mol. The summed E-state index contributed by atoms with van der Waals surface area (Å²) in [5, 5.41) is 7.05. The molecule has 1 aromatic heterocycles. The van der Waals surface area contributed by atoms with Gasteiger partial charge in [-0.3, -0.25) is 0 Å². The molecule has 0 saturated carbocycles. The van der Waals surface area contributed by atoms with Gasteiger partial charge in [-0.2, -0.15) is 0 Å².